The Morgan fingerprint density at radius 1 is 1.42 bits per heavy atom. The number of aryl methyl sites for hydroxylation is 1. The van der Waals surface area contributed by atoms with Crippen LogP contribution in [0.2, 0.25) is 0 Å². The summed E-state index contributed by atoms with van der Waals surface area (Å²) in [6.07, 6.45) is 2.29. The van der Waals surface area contributed by atoms with Gasteiger partial charge in [-0.05, 0) is 18.6 Å². The van der Waals surface area contributed by atoms with E-state index in [-0.39, 0.29) is 11.0 Å². The number of nitrogens with two attached hydrogens (primary N) is 1. The van der Waals surface area contributed by atoms with E-state index in [1.807, 2.05) is 32.0 Å². The fourth-order valence-electron chi connectivity index (χ4n) is 1.79. The van der Waals surface area contributed by atoms with Crippen molar-refractivity contribution in [3.8, 4) is 0 Å². The van der Waals surface area contributed by atoms with Gasteiger partial charge < -0.3 is 5.73 Å². The van der Waals surface area contributed by atoms with Crippen LogP contribution in [0, 0.1) is 5.41 Å². The molecule has 0 spiro atoms. The first-order valence-corrected chi connectivity index (χ1v) is 6.57. The van der Waals surface area contributed by atoms with Gasteiger partial charge in [-0.15, -0.1) is 0 Å². The third-order valence-corrected chi connectivity index (χ3v) is 3.93. The van der Waals surface area contributed by atoms with Gasteiger partial charge in [0.2, 0.25) is 0 Å². The molecule has 0 saturated heterocycles. The van der Waals surface area contributed by atoms with Crippen LogP contribution in [0.5, 0.6) is 0 Å². The van der Waals surface area contributed by atoms with Crippen LogP contribution in [0.3, 0.4) is 0 Å². The van der Waals surface area contributed by atoms with Crippen LogP contribution in [0.25, 0.3) is 10.9 Å². The van der Waals surface area contributed by atoms with Gasteiger partial charge in [-0.3, -0.25) is 9.36 Å². The molecule has 2 aromatic rings. The monoisotopic (exact) mass is 275 g/mol. The van der Waals surface area contributed by atoms with Crippen molar-refractivity contribution in [3.05, 3.63) is 40.9 Å². The van der Waals surface area contributed by atoms with Crippen LogP contribution in [0.1, 0.15) is 20.3 Å². The van der Waals surface area contributed by atoms with Crippen LogP contribution >= 0.6 is 12.2 Å². The van der Waals surface area contributed by atoms with Gasteiger partial charge in [-0.25, -0.2) is 4.98 Å². The third-order valence-electron chi connectivity index (χ3n) is 3.38. The smallest absolute Gasteiger partial charge is 0.261 e. The number of para-hydroxylation sites is 1. The molecule has 0 saturated carbocycles. The molecule has 0 bridgehead atoms. The highest BCUT2D eigenvalue weighted by atomic mass is 32.1. The number of aromatic nitrogens is 2. The lowest BCUT2D eigenvalue weighted by molar-refractivity contribution is 0.429. The Morgan fingerprint density at radius 2 is 2.11 bits per heavy atom. The first-order chi connectivity index (χ1) is 8.92. The fraction of sp³-hybridized carbons (Fsp3) is 0.357. The van der Waals surface area contributed by atoms with Crippen LogP contribution < -0.4 is 11.3 Å². The quantitative estimate of drug-likeness (QED) is 0.868. The largest absolute Gasteiger partial charge is 0.393 e. The first-order valence-electron chi connectivity index (χ1n) is 6.16. The number of rotatable bonds is 4. The molecule has 5 heteroatoms. The van der Waals surface area contributed by atoms with Crippen LogP contribution in [0.15, 0.2) is 35.4 Å². The molecule has 100 valence electrons. The maximum atomic E-state index is 12.3. The highest BCUT2D eigenvalue weighted by Gasteiger charge is 2.21. The predicted molar refractivity (Wildman–Crippen MR) is 81.2 cm³/mol. The summed E-state index contributed by atoms with van der Waals surface area (Å²) in [6.45, 7) is 4.52. The molecule has 1 aromatic heterocycles. The zero-order valence-electron chi connectivity index (χ0n) is 11.1. The second kappa shape index (κ2) is 5.09. The molecule has 0 aliphatic rings. The molecule has 0 aliphatic heterocycles. The predicted octanol–water partition coefficient (Wildman–Crippen LogP) is 2.10. The average molecular weight is 275 g/mol. The second-order valence-electron chi connectivity index (χ2n) is 5.26. The van der Waals surface area contributed by atoms with Gasteiger partial charge in [0.1, 0.15) is 0 Å². The topological polar surface area (TPSA) is 60.9 Å². The Bertz CT molecular complexity index is 676. The molecule has 1 heterocycles. The molecule has 0 aliphatic carbocycles. The van der Waals surface area contributed by atoms with Crippen molar-refractivity contribution in [2.45, 2.75) is 26.8 Å². The summed E-state index contributed by atoms with van der Waals surface area (Å²) in [5.41, 5.74) is 6.12. The standard InChI is InChI=1S/C14H17N3OS/c1-14(2,13(15)19)7-8-17-9-16-11-6-4-3-5-10(11)12(17)18/h3-6,9H,7-8H2,1-2H3,(H2,15,19). The lowest BCUT2D eigenvalue weighted by Crippen LogP contribution is -2.32. The van der Waals surface area contributed by atoms with Gasteiger partial charge >= 0.3 is 0 Å². The number of nitrogens with zero attached hydrogens (tertiary/aromatic N) is 2. The summed E-state index contributed by atoms with van der Waals surface area (Å²) in [4.78, 5) is 17.0. The second-order valence-corrected chi connectivity index (χ2v) is 5.70. The van der Waals surface area contributed by atoms with Gasteiger partial charge in [-0.2, -0.15) is 0 Å². The SMILES string of the molecule is CC(C)(CCn1cnc2ccccc2c1=O)C(N)=S. The van der Waals surface area contributed by atoms with Crippen molar-refractivity contribution in [3.63, 3.8) is 0 Å². The van der Waals surface area contributed by atoms with E-state index in [1.165, 1.54) is 0 Å². The molecular formula is C14H17N3OS. The van der Waals surface area contributed by atoms with Crippen LogP contribution in [-0.2, 0) is 6.54 Å². The molecule has 2 rings (SSSR count). The Labute approximate surface area is 117 Å². The van der Waals surface area contributed by atoms with Crippen molar-refractivity contribution in [2.24, 2.45) is 11.1 Å². The number of benzene rings is 1. The van der Waals surface area contributed by atoms with Crippen molar-refractivity contribution in [2.75, 3.05) is 0 Å². The summed E-state index contributed by atoms with van der Waals surface area (Å²) in [5, 5.41) is 0.637. The molecule has 0 atom stereocenters. The van der Waals surface area contributed by atoms with Crippen molar-refractivity contribution < 1.29 is 0 Å². The zero-order chi connectivity index (χ0) is 14.0. The molecule has 2 N–H and O–H groups in total. The molecular weight excluding hydrogens is 258 g/mol. The zero-order valence-corrected chi connectivity index (χ0v) is 11.9. The minimum Gasteiger partial charge on any atom is -0.393 e. The van der Waals surface area contributed by atoms with E-state index in [9.17, 15) is 4.79 Å². The summed E-state index contributed by atoms with van der Waals surface area (Å²) in [6, 6.07) is 7.34. The molecule has 0 unspecified atom stereocenters. The minimum absolute atomic E-state index is 0.0238. The maximum absolute atomic E-state index is 12.3. The Balaban J connectivity index is 2.30. The Morgan fingerprint density at radius 3 is 2.79 bits per heavy atom. The normalized spacial score (nSPS) is 11.7. The van der Waals surface area contributed by atoms with Crippen molar-refractivity contribution >= 4 is 28.1 Å². The molecule has 0 fully saturated rings. The van der Waals surface area contributed by atoms with Gasteiger partial charge in [0.15, 0.2) is 0 Å². The van der Waals surface area contributed by atoms with E-state index in [4.69, 9.17) is 18.0 Å². The molecule has 0 radical (unpaired) electrons. The van der Waals surface area contributed by atoms with Gasteiger partial charge in [0, 0.05) is 12.0 Å². The highest BCUT2D eigenvalue weighted by molar-refractivity contribution is 7.80. The van der Waals surface area contributed by atoms with Gasteiger partial charge in [0.25, 0.3) is 5.56 Å². The summed E-state index contributed by atoms with van der Waals surface area (Å²) in [5.74, 6) is 0. The van der Waals surface area contributed by atoms with Crippen LogP contribution in [-0.4, -0.2) is 14.5 Å². The third kappa shape index (κ3) is 2.81. The Hall–Kier alpha value is -1.75. The molecule has 1 aromatic carbocycles. The van der Waals surface area contributed by atoms with E-state index in [0.29, 0.717) is 23.3 Å². The number of hydrogen-bond acceptors (Lipinski definition) is 3. The average Bonchev–Trinajstić information content (AvgIpc) is 2.38. The van der Waals surface area contributed by atoms with E-state index in [1.54, 1.807) is 17.0 Å². The van der Waals surface area contributed by atoms with E-state index >= 15 is 0 Å². The van der Waals surface area contributed by atoms with Gasteiger partial charge in [-0.1, -0.05) is 38.2 Å². The first kappa shape index (κ1) is 13.7. The summed E-state index contributed by atoms with van der Waals surface area (Å²) in [7, 11) is 0. The van der Waals surface area contributed by atoms with Crippen molar-refractivity contribution in [1.82, 2.24) is 9.55 Å². The van der Waals surface area contributed by atoms with E-state index < -0.39 is 0 Å². The number of thiocarbonyl (C=S) groups is 1. The molecule has 19 heavy (non-hydrogen) atoms. The summed E-state index contributed by atoms with van der Waals surface area (Å²) >= 11 is 5.03. The maximum Gasteiger partial charge on any atom is 0.261 e. The summed E-state index contributed by atoms with van der Waals surface area (Å²) < 4.78 is 1.61. The minimum atomic E-state index is -0.263. The fourth-order valence-corrected chi connectivity index (χ4v) is 1.89. The Kier molecular flexibility index (Phi) is 3.66. The molecule has 4 nitrogen and oxygen atoms in total. The van der Waals surface area contributed by atoms with E-state index in [2.05, 4.69) is 4.98 Å². The molecule has 0 amide bonds. The van der Waals surface area contributed by atoms with Gasteiger partial charge in [0.05, 0.1) is 22.2 Å². The lowest BCUT2D eigenvalue weighted by atomic mass is 9.89. The lowest BCUT2D eigenvalue weighted by Gasteiger charge is -2.23. The van der Waals surface area contributed by atoms with Crippen LogP contribution in [0.4, 0.5) is 0 Å². The van der Waals surface area contributed by atoms with Crippen molar-refractivity contribution in [1.29, 1.82) is 0 Å². The highest BCUT2D eigenvalue weighted by Crippen LogP contribution is 2.21. The number of fused-ring (bicyclic) bond motifs is 1. The number of hydrogen-bond donors (Lipinski definition) is 1. The van der Waals surface area contributed by atoms with E-state index in [0.717, 1.165) is 5.52 Å².